The highest BCUT2D eigenvalue weighted by Gasteiger charge is 2.19. The number of benzene rings is 2. The Morgan fingerprint density at radius 2 is 1.86 bits per heavy atom. The van der Waals surface area contributed by atoms with Crippen molar-refractivity contribution in [2.24, 2.45) is 5.73 Å². The molecule has 1 unspecified atom stereocenters. The summed E-state index contributed by atoms with van der Waals surface area (Å²) in [7, 11) is 0. The van der Waals surface area contributed by atoms with Crippen LogP contribution in [0.15, 0.2) is 42.5 Å². The number of fused-ring (bicyclic) bond motifs is 1. The van der Waals surface area contributed by atoms with Gasteiger partial charge >= 0.3 is 0 Å². The van der Waals surface area contributed by atoms with Crippen molar-refractivity contribution in [1.82, 2.24) is 5.32 Å². The fraction of sp³-hybridized carbons (Fsp3) is 0.188. The van der Waals surface area contributed by atoms with Gasteiger partial charge in [0.25, 0.3) is 5.91 Å². The molecule has 0 radical (unpaired) electrons. The Kier molecular flexibility index (Phi) is 4.12. The van der Waals surface area contributed by atoms with E-state index in [0.29, 0.717) is 24.5 Å². The third-order valence-corrected chi connectivity index (χ3v) is 4.20. The lowest BCUT2D eigenvalue weighted by Crippen LogP contribution is -2.24. The van der Waals surface area contributed by atoms with Crippen molar-refractivity contribution in [2.45, 2.75) is 6.04 Å². The monoisotopic (exact) mass is 394 g/mol. The van der Waals surface area contributed by atoms with Gasteiger partial charge in [-0.3, -0.25) is 4.79 Å². The van der Waals surface area contributed by atoms with Gasteiger partial charge in [0.2, 0.25) is 0 Å². The van der Waals surface area contributed by atoms with Crippen molar-refractivity contribution >= 4 is 28.5 Å². The molecule has 0 bridgehead atoms. The van der Waals surface area contributed by atoms with Gasteiger partial charge in [0.15, 0.2) is 0 Å². The number of hydrogen-bond acceptors (Lipinski definition) is 3. The summed E-state index contributed by atoms with van der Waals surface area (Å²) in [5, 5.41) is 2.81. The molecule has 0 aromatic heterocycles. The fourth-order valence-electron chi connectivity index (χ4n) is 2.33. The standard InChI is InChI=1S/C16H15IN2O2/c17-12-4-1-10(2-5-12)15(18)11-3-6-14-13(9-11)16(20)19-7-8-21-14/h1-6,9,15H,7-8,18H2,(H,19,20). The average Bonchev–Trinajstić information content (AvgIpc) is 2.69. The molecule has 0 spiro atoms. The Hall–Kier alpha value is -1.60. The Labute approximate surface area is 136 Å². The highest BCUT2D eigenvalue weighted by Crippen LogP contribution is 2.27. The van der Waals surface area contributed by atoms with Crippen LogP contribution >= 0.6 is 22.6 Å². The molecule has 3 rings (SSSR count). The van der Waals surface area contributed by atoms with Gasteiger partial charge in [0, 0.05) is 3.57 Å². The summed E-state index contributed by atoms with van der Waals surface area (Å²) >= 11 is 2.26. The molecular weight excluding hydrogens is 379 g/mol. The zero-order valence-corrected chi connectivity index (χ0v) is 13.5. The van der Waals surface area contributed by atoms with Crippen molar-refractivity contribution in [3.05, 3.63) is 62.7 Å². The predicted molar refractivity (Wildman–Crippen MR) is 89.5 cm³/mol. The molecule has 1 atom stereocenters. The molecule has 0 aliphatic carbocycles. The van der Waals surface area contributed by atoms with Crippen LogP contribution in [0.2, 0.25) is 0 Å². The van der Waals surface area contributed by atoms with Gasteiger partial charge in [-0.15, -0.1) is 0 Å². The van der Waals surface area contributed by atoms with Crippen LogP contribution in [-0.4, -0.2) is 19.1 Å². The van der Waals surface area contributed by atoms with E-state index in [1.165, 1.54) is 3.57 Å². The molecule has 2 aromatic carbocycles. The number of rotatable bonds is 2. The van der Waals surface area contributed by atoms with Crippen LogP contribution < -0.4 is 15.8 Å². The fourth-order valence-corrected chi connectivity index (χ4v) is 2.69. The van der Waals surface area contributed by atoms with Crippen LogP contribution in [0.25, 0.3) is 0 Å². The summed E-state index contributed by atoms with van der Waals surface area (Å²) in [4.78, 5) is 12.0. The van der Waals surface area contributed by atoms with E-state index in [1.54, 1.807) is 0 Å². The topological polar surface area (TPSA) is 64.4 Å². The second-order valence-electron chi connectivity index (χ2n) is 4.89. The van der Waals surface area contributed by atoms with E-state index in [9.17, 15) is 4.79 Å². The van der Waals surface area contributed by atoms with Gasteiger partial charge in [-0.25, -0.2) is 0 Å². The molecule has 4 nitrogen and oxygen atoms in total. The number of halogens is 1. The normalized spacial score (nSPS) is 15.4. The molecule has 0 fully saturated rings. The number of ether oxygens (including phenoxy) is 1. The van der Waals surface area contributed by atoms with Gasteiger partial charge < -0.3 is 15.8 Å². The van der Waals surface area contributed by atoms with Crippen LogP contribution in [0.1, 0.15) is 27.5 Å². The van der Waals surface area contributed by atoms with E-state index >= 15 is 0 Å². The third kappa shape index (κ3) is 3.03. The lowest BCUT2D eigenvalue weighted by Gasteiger charge is -2.15. The van der Waals surface area contributed by atoms with Gasteiger partial charge in [-0.05, 0) is 58.0 Å². The number of amides is 1. The van der Waals surface area contributed by atoms with E-state index in [2.05, 4.69) is 27.9 Å². The first kappa shape index (κ1) is 14.3. The zero-order chi connectivity index (χ0) is 14.8. The molecule has 108 valence electrons. The highest BCUT2D eigenvalue weighted by molar-refractivity contribution is 14.1. The van der Waals surface area contributed by atoms with Gasteiger partial charge in [0.1, 0.15) is 12.4 Å². The van der Waals surface area contributed by atoms with Crippen molar-refractivity contribution in [3.63, 3.8) is 0 Å². The maximum absolute atomic E-state index is 12.0. The Bertz CT molecular complexity index is 670. The van der Waals surface area contributed by atoms with Gasteiger partial charge in [0.05, 0.1) is 18.2 Å². The number of nitrogens with two attached hydrogens (primary N) is 1. The predicted octanol–water partition coefficient (Wildman–Crippen LogP) is 2.46. The maximum Gasteiger partial charge on any atom is 0.255 e. The SMILES string of the molecule is NC(c1ccc(I)cc1)c1ccc2c(c1)C(=O)NCCO2. The molecule has 1 heterocycles. The average molecular weight is 394 g/mol. The minimum atomic E-state index is -0.261. The quantitative estimate of drug-likeness (QED) is 0.770. The summed E-state index contributed by atoms with van der Waals surface area (Å²) in [5.41, 5.74) is 8.77. The van der Waals surface area contributed by atoms with E-state index in [0.717, 1.165) is 11.1 Å². The minimum Gasteiger partial charge on any atom is -0.491 e. The number of nitrogens with one attached hydrogen (secondary N) is 1. The second-order valence-corrected chi connectivity index (χ2v) is 6.13. The van der Waals surface area contributed by atoms with E-state index in [1.807, 2.05) is 42.5 Å². The zero-order valence-electron chi connectivity index (χ0n) is 11.3. The number of hydrogen-bond donors (Lipinski definition) is 2. The molecular formula is C16H15IN2O2. The number of carbonyl (C=O) groups is 1. The lowest BCUT2D eigenvalue weighted by atomic mass is 9.97. The Morgan fingerprint density at radius 1 is 1.14 bits per heavy atom. The molecule has 0 saturated heterocycles. The molecule has 1 aliphatic heterocycles. The molecule has 5 heteroatoms. The van der Waals surface area contributed by atoms with Crippen molar-refractivity contribution in [2.75, 3.05) is 13.2 Å². The molecule has 2 aromatic rings. The first-order valence-corrected chi connectivity index (χ1v) is 7.79. The van der Waals surface area contributed by atoms with Crippen LogP contribution in [0.5, 0.6) is 5.75 Å². The van der Waals surface area contributed by atoms with E-state index < -0.39 is 0 Å². The van der Waals surface area contributed by atoms with Crippen molar-refractivity contribution in [3.8, 4) is 5.75 Å². The largest absolute Gasteiger partial charge is 0.491 e. The van der Waals surface area contributed by atoms with Crippen LogP contribution in [0.3, 0.4) is 0 Å². The van der Waals surface area contributed by atoms with Crippen LogP contribution in [0.4, 0.5) is 0 Å². The van der Waals surface area contributed by atoms with E-state index in [4.69, 9.17) is 10.5 Å². The third-order valence-electron chi connectivity index (χ3n) is 3.48. The van der Waals surface area contributed by atoms with Crippen LogP contribution in [-0.2, 0) is 0 Å². The molecule has 1 aliphatic rings. The smallest absolute Gasteiger partial charge is 0.255 e. The Morgan fingerprint density at radius 3 is 2.62 bits per heavy atom. The lowest BCUT2D eigenvalue weighted by molar-refractivity contribution is 0.0957. The van der Waals surface area contributed by atoms with Gasteiger partial charge in [-0.2, -0.15) is 0 Å². The summed E-state index contributed by atoms with van der Waals surface area (Å²) in [6.45, 7) is 1.01. The minimum absolute atomic E-state index is 0.112. The maximum atomic E-state index is 12.0. The van der Waals surface area contributed by atoms with Gasteiger partial charge in [-0.1, -0.05) is 18.2 Å². The molecule has 21 heavy (non-hydrogen) atoms. The van der Waals surface area contributed by atoms with Crippen molar-refractivity contribution in [1.29, 1.82) is 0 Å². The Balaban J connectivity index is 1.96. The summed E-state index contributed by atoms with van der Waals surface area (Å²) in [6.07, 6.45) is 0. The summed E-state index contributed by atoms with van der Waals surface area (Å²) < 4.78 is 6.71. The first-order chi connectivity index (χ1) is 10.1. The highest BCUT2D eigenvalue weighted by atomic mass is 127. The molecule has 3 N–H and O–H groups in total. The van der Waals surface area contributed by atoms with E-state index in [-0.39, 0.29) is 11.9 Å². The molecule has 1 amide bonds. The number of carbonyl (C=O) groups excluding carboxylic acids is 1. The summed E-state index contributed by atoms with van der Waals surface area (Å²) in [5.74, 6) is 0.503. The first-order valence-electron chi connectivity index (χ1n) is 6.71. The second kappa shape index (κ2) is 6.03. The van der Waals surface area contributed by atoms with Crippen LogP contribution in [0, 0.1) is 3.57 Å². The molecule has 0 saturated carbocycles. The summed E-state index contributed by atoms with van der Waals surface area (Å²) in [6, 6.07) is 13.4. The van der Waals surface area contributed by atoms with Crippen molar-refractivity contribution < 1.29 is 9.53 Å².